The topological polar surface area (TPSA) is 33.1 Å². The van der Waals surface area contributed by atoms with Crippen molar-refractivity contribution in [3.05, 3.63) is 47.8 Å². The predicted molar refractivity (Wildman–Crippen MR) is 86.4 cm³/mol. The van der Waals surface area contributed by atoms with Gasteiger partial charge in [0.15, 0.2) is 0 Å². The molecule has 1 aromatic heterocycles. The van der Waals surface area contributed by atoms with Crippen molar-refractivity contribution in [2.24, 2.45) is 0 Å². The third-order valence-corrected chi connectivity index (χ3v) is 4.31. The molecule has 0 saturated heterocycles. The van der Waals surface area contributed by atoms with E-state index in [4.69, 9.17) is 0 Å². The van der Waals surface area contributed by atoms with Crippen molar-refractivity contribution in [3.63, 3.8) is 0 Å². The summed E-state index contributed by atoms with van der Waals surface area (Å²) < 4.78 is 2.00. The second-order valence-corrected chi connectivity index (χ2v) is 5.67. The molecule has 0 aliphatic carbocycles. The highest BCUT2D eigenvalue weighted by atomic mass is 15.3. The normalized spacial score (nSPS) is 18.4. The summed E-state index contributed by atoms with van der Waals surface area (Å²) in [5.41, 5.74) is 4.06. The molecule has 0 radical (unpaired) electrons. The highest BCUT2D eigenvalue weighted by molar-refractivity contribution is 5.56. The van der Waals surface area contributed by atoms with Crippen LogP contribution in [0.1, 0.15) is 36.9 Å². The molecule has 1 aromatic carbocycles. The smallest absolute Gasteiger partial charge is 0.0539 e. The predicted octanol–water partition coefficient (Wildman–Crippen LogP) is 2.96. The van der Waals surface area contributed by atoms with E-state index in [2.05, 4.69) is 59.7 Å². The third-order valence-electron chi connectivity index (χ3n) is 4.31. The monoisotopic (exact) mass is 284 g/mol. The number of nitrogens with zero attached hydrogens (tertiary/aromatic N) is 3. The van der Waals surface area contributed by atoms with Gasteiger partial charge in [0.2, 0.25) is 0 Å². The molecule has 0 spiro atoms. The number of nitrogens with one attached hydrogen (secondary N) is 1. The zero-order chi connectivity index (χ0) is 14.7. The Morgan fingerprint density at radius 3 is 2.95 bits per heavy atom. The fraction of sp³-hybridized carbons (Fsp3) is 0.471. The van der Waals surface area contributed by atoms with E-state index < -0.39 is 0 Å². The van der Waals surface area contributed by atoms with Gasteiger partial charge in [0.1, 0.15) is 0 Å². The molecule has 4 nitrogen and oxygen atoms in total. The van der Waals surface area contributed by atoms with Crippen LogP contribution in [0.25, 0.3) is 0 Å². The first-order chi connectivity index (χ1) is 10.3. The molecule has 1 aliphatic rings. The maximum absolute atomic E-state index is 4.39. The second kappa shape index (κ2) is 6.31. The van der Waals surface area contributed by atoms with Gasteiger partial charge in [-0.3, -0.25) is 4.68 Å². The number of rotatable bonds is 4. The molecule has 1 unspecified atom stereocenters. The van der Waals surface area contributed by atoms with Crippen molar-refractivity contribution in [3.8, 4) is 0 Å². The molecule has 0 amide bonds. The van der Waals surface area contributed by atoms with Crippen LogP contribution in [0.4, 0.5) is 5.69 Å². The Balaban J connectivity index is 1.87. The number of anilines is 1. The van der Waals surface area contributed by atoms with E-state index in [1.807, 2.05) is 10.9 Å². The lowest BCUT2D eigenvalue weighted by Crippen LogP contribution is -2.23. The van der Waals surface area contributed by atoms with Gasteiger partial charge in [-0.1, -0.05) is 18.2 Å². The Kier molecular flexibility index (Phi) is 4.25. The maximum atomic E-state index is 4.39. The molecular weight excluding hydrogens is 260 g/mol. The largest absolute Gasteiger partial charge is 0.367 e. The quantitative estimate of drug-likeness (QED) is 0.937. The van der Waals surface area contributed by atoms with Crippen LogP contribution in [0.3, 0.4) is 0 Å². The van der Waals surface area contributed by atoms with Gasteiger partial charge in [-0.2, -0.15) is 5.10 Å². The molecular formula is C17H24N4. The van der Waals surface area contributed by atoms with E-state index in [9.17, 15) is 0 Å². The minimum absolute atomic E-state index is 0.463. The van der Waals surface area contributed by atoms with Crippen LogP contribution < -0.4 is 10.2 Å². The Morgan fingerprint density at radius 2 is 2.19 bits per heavy atom. The molecule has 112 valence electrons. The van der Waals surface area contributed by atoms with Crippen LogP contribution in [0.5, 0.6) is 0 Å². The highest BCUT2D eigenvalue weighted by Gasteiger charge is 2.21. The van der Waals surface area contributed by atoms with Crippen molar-refractivity contribution >= 4 is 5.69 Å². The number of hydrogen-bond donors (Lipinski definition) is 1. The fourth-order valence-electron chi connectivity index (χ4n) is 3.18. The molecule has 0 fully saturated rings. The maximum Gasteiger partial charge on any atom is 0.0539 e. The van der Waals surface area contributed by atoms with Crippen molar-refractivity contribution in [1.82, 2.24) is 15.1 Å². The Bertz CT molecular complexity index is 590. The first-order valence-electron chi connectivity index (χ1n) is 7.84. The molecule has 0 saturated carbocycles. The van der Waals surface area contributed by atoms with Gasteiger partial charge in [-0.25, -0.2) is 0 Å². The van der Waals surface area contributed by atoms with Crippen LogP contribution in [-0.4, -0.2) is 23.4 Å². The van der Waals surface area contributed by atoms with E-state index >= 15 is 0 Å². The van der Waals surface area contributed by atoms with Crippen molar-refractivity contribution in [1.29, 1.82) is 0 Å². The Hall–Kier alpha value is -1.81. The van der Waals surface area contributed by atoms with E-state index in [0.29, 0.717) is 6.04 Å². The minimum Gasteiger partial charge on any atom is -0.367 e. The van der Waals surface area contributed by atoms with Gasteiger partial charge < -0.3 is 10.2 Å². The summed E-state index contributed by atoms with van der Waals surface area (Å²) in [6.45, 7) is 5.09. The molecule has 1 aliphatic heterocycles. The number of aryl methyl sites for hydroxylation is 1. The number of aromatic nitrogens is 2. The van der Waals surface area contributed by atoms with Gasteiger partial charge in [0, 0.05) is 43.1 Å². The number of para-hydroxylation sites is 1. The Labute approximate surface area is 126 Å². The molecule has 1 N–H and O–H groups in total. The van der Waals surface area contributed by atoms with Crippen molar-refractivity contribution in [2.75, 3.05) is 18.5 Å². The van der Waals surface area contributed by atoms with Crippen LogP contribution >= 0.6 is 0 Å². The zero-order valence-electron chi connectivity index (χ0n) is 12.9. The molecule has 2 aromatic rings. The Morgan fingerprint density at radius 1 is 1.33 bits per heavy atom. The van der Waals surface area contributed by atoms with E-state index in [0.717, 1.165) is 19.6 Å². The average molecular weight is 284 g/mol. The summed E-state index contributed by atoms with van der Waals surface area (Å²) in [4.78, 5) is 2.49. The van der Waals surface area contributed by atoms with E-state index in [1.54, 1.807) is 0 Å². The van der Waals surface area contributed by atoms with Crippen molar-refractivity contribution in [2.45, 2.75) is 38.9 Å². The van der Waals surface area contributed by atoms with Crippen LogP contribution in [-0.2, 0) is 13.1 Å². The van der Waals surface area contributed by atoms with Gasteiger partial charge >= 0.3 is 0 Å². The van der Waals surface area contributed by atoms with Gasteiger partial charge in [0.05, 0.1) is 6.20 Å². The van der Waals surface area contributed by atoms with Crippen LogP contribution in [0.15, 0.2) is 36.7 Å². The molecule has 2 heterocycles. The lowest BCUT2D eigenvalue weighted by atomic mass is 10.0. The minimum atomic E-state index is 0.463. The highest BCUT2D eigenvalue weighted by Crippen LogP contribution is 2.33. The third kappa shape index (κ3) is 2.95. The number of hydrogen-bond acceptors (Lipinski definition) is 3. The van der Waals surface area contributed by atoms with E-state index in [-0.39, 0.29) is 0 Å². The number of fused-ring (bicyclic) bond motifs is 1. The molecule has 1 atom stereocenters. The first kappa shape index (κ1) is 14.1. The van der Waals surface area contributed by atoms with Crippen molar-refractivity contribution < 1.29 is 0 Å². The molecule has 21 heavy (non-hydrogen) atoms. The first-order valence-corrected chi connectivity index (χ1v) is 7.84. The lowest BCUT2D eigenvalue weighted by Gasteiger charge is -2.25. The zero-order valence-corrected chi connectivity index (χ0v) is 12.9. The van der Waals surface area contributed by atoms with Gasteiger partial charge in [0.25, 0.3) is 0 Å². The standard InChI is InChI=1S/C17H24N4/c1-3-21-13-14(11-19-21)12-20-10-6-8-16(18-2)15-7-4-5-9-17(15)20/h4-5,7,9,11,13,16,18H,3,6,8,10,12H2,1-2H3. The summed E-state index contributed by atoms with van der Waals surface area (Å²) >= 11 is 0. The lowest BCUT2D eigenvalue weighted by molar-refractivity contribution is 0.541. The average Bonchev–Trinajstić information content (AvgIpc) is 2.90. The molecule has 4 heteroatoms. The summed E-state index contributed by atoms with van der Waals surface area (Å²) in [7, 11) is 2.06. The summed E-state index contributed by atoms with van der Waals surface area (Å²) in [6.07, 6.45) is 6.55. The SMILES string of the molecule is CCn1cc(CN2CCCC(NC)c3ccccc32)cn1. The summed E-state index contributed by atoms with van der Waals surface area (Å²) in [5.74, 6) is 0. The number of benzene rings is 1. The van der Waals surface area contributed by atoms with E-state index in [1.165, 1.54) is 29.7 Å². The van der Waals surface area contributed by atoms with Crippen LogP contribution in [0, 0.1) is 0 Å². The van der Waals surface area contributed by atoms with Crippen LogP contribution in [0.2, 0.25) is 0 Å². The molecule has 3 rings (SSSR count). The second-order valence-electron chi connectivity index (χ2n) is 5.67. The molecule has 0 bridgehead atoms. The fourth-order valence-corrected chi connectivity index (χ4v) is 3.18. The summed E-state index contributed by atoms with van der Waals surface area (Å²) in [6, 6.07) is 9.24. The van der Waals surface area contributed by atoms with Gasteiger partial charge in [-0.05, 0) is 38.4 Å². The van der Waals surface area contributed by atoms with Gasteiger partial charge in [-0.15, -0.1) is 0 Å². The summed E-state index contributed by atoms with van der Waals surface area (Å²) in [5, 5.41) is 7.84.